The minimum Gasteiger partial charge on any atom is -0.306 e. The molecule has 3 N–H and O–H groups in total. The maximum atomic E-state index is 13.0. The molecule has 0 bridgehead atoms. The van der Waals surface area contributed by atoms with Gasteiger partial charge in [0.25, 0.3) is 0 Å². The number of piperidine rings is 1. The summed E-state index contributed by atoms with van der Waals surface area (Å²) in [6.07, 6.45) is 1.39. The van der Waals surface area contributed by atoms with E-state index in [1.165, 1.54) is 12.1 Å². The van der Waals surface area contributed by atoms with Crippen molar-refractivity contribution in [1.29, 1.82) is 0 Å². The number of nitrogens with zero attached hydrogens (tertiary/aromatic N) is 1. The molecule has 0 aliphatic carbocycles. The lowest BCUT2D eigenvalue weighted by molar-refractivity contribution is -0.128. The molecule has 1 fully saturated rings. The molecule has 98 valence electrons. The fourth-order valence-corrected chi connectivity index (χ4v) is 2.55. The number of carbonyl (C=O) groups excluding carboxylic acids is 1. The fraction of sp³-hybridized carbons (Fsp3) is 0.462. The average molecular weight is 251 g/mol. The molecule has 4 nitrogen and oxygen atoms in total. The largest absolute Gasteiger partial charge is 0.306 e. The van der Waals surface area contributed by atoms with Gasteiger partial charge in [-0.1, -0.05) is 12.1 Å². The number of hydrogen-bond acceptors (Lipinski definition) is 3. The summed E-state index contributed by atoms with van der Waals surface area (Å²) in [4.78, 5) is 14.3. The van der Waals surface area contributed by atoms with E-state index < -0.39 is 5.41 Å². The molecule has 1 aliphatic rings. The van der Waals surface area contributed by atoms with Gasteiger partial charge in [0.2, 0.25) is 5.91 Å². The van der Waals surface area contributed by atoms with E-state index in [9.17, 15) is 9.18 Å². The summed E-state index contributed by atoms with van der Waals surface area (Å²) >= 11 is 0. The molecule has 1 amide bonds. The highest BCUT2D eigenvalue weighted by Crippen LogP contribution is 2.35. The molecule has 1 heterocycles. The predicted molar refractivity (Wildman–Crippen MR) is 67.1 cm³/mol. The van der Waals surface area contributed by atoms with Crippen molar-refractivity contribution in [1.82, 2.24) is 10.3 Å². The number of carbonyl (C=O) groups is 1. The van der Waals surface area contributed by atoms with Gasteiger partial charge in [-0.15, -0.1) is 0 Å². The summed E-state index contributed by atoms with van der Waals surface area (Å²) in [6.45, 7) is 1.65. The van der Waals surface area contributed by atoms with Crippen LogP contribution in [0, 0.1) is 5.82 Å². The Morgan fingerprint density at radius 1 is 1.33 bits per heavy atom. The van der Waals surface area contributed by atoms with Gasteiger partial charge in [0, 0.05) is 0 Å². The molecule has 1 aromatic rings. The van der Waals surface area contributed by atoms with Crippen LogP contribution in [-0.2, 0) is 10.2 Å². The molecule has 18 heavy (non-hydrogen) atoms. The first-order valence-electron chi connectivity index (χ1n) is 6.04. The summed E-state index contributed by atoms with van der Waals surface area (Å²) in [6, 6.07) is 6.13. The lowest BCUT2D eigenvalue weighted by Crippen LogP contribution is -2.52. The summed E-state index contributed by atoms with van der Waals surface area (Å²) in [5.74, 6) is 4.81. The minimum atomic E-state index is -0.630. The molecule has 0 saturated carbocycles. The van der Waals surface area contributed by atoms with E-state index in [2.05, 4.69) is 10.3 Å². The van der Waals surface area contributed by atoms with E-state index in [1.54, 1.807) is 12.1 Å². The average Bonchev–Trinajstić information content (AvgIpc) is 2.40. The molecular formula is C13H18FN3O. The molecule has 1 aliphatic heterocycles. The predicted octanol–water partition coefficient (Wildman–Crippen LogP) is 0.779. The second-order valence-electron chi connectivity index (χ2n) is 4.87. The van der Waals surface area contributed by atoms with Gasteiger partial charge < -0.3 is 4.90 Å². The maximum Gasteiger partial charge on any atom is 0.244 e. The first-order valence-corrected chi connectivity index (χ1v) is 6.04. The molecule has 0 spiro atoms. The second kappa shape index (κ2) is 5.04. The molecule has 0 atom stereocenters. The van der Waals surface area contributed by atoms with Gasteiger partial charge in [-0.3, -0.25) is 10.2 Å². The Morgan fingerprint density at radius 2 is 1.89 bits per heavy atom. The van der Waals surface area contributed by atoms with E-state index in [0.717, 1.165) is 18.7 Å². The lowest BCUT2D eigenvalue weighted by Gasteiger charge is -2.39. The van der Waals surface area contributed by atoms with Crippen LogP contribution in [0.5, 0.6) is 0 Å². The summed E-state index contributed by atoms with van der Waals surface area (Å²) in [5, 5.41) is 0. The van der Waals surface area contributed by atoms with Crippen LogP contribution >= 0.6 is 0 Å². The van der Waals surface area contributed by atoms with Crippen molar-refractivity contribution in [3.05, 3.63) is 35.6 Å². The van der Waals surface area contributed by atoms with Crippen LogP contribution in [0.3, 0.4) is 0 Å². The van der Waals surface area contributed by atoms with Crippen LogP contribution in [0.25, 0.3) is 0 Å². The zero-order chi connectivity index (χ0) is 13.2. The van der Waals surface area contributed by atoms with E-state index in [-0.39, 0.29) is 11.7 Å². The van der Waals surface area contributed by atoms with Crippen LogP contribution in [0.1, 0.15) is 18.4 Å². The van der Waals surface area contributed by atoms with Crippen LogP contribution < -0.4 is 11.3 Å². The number of halogens is 1. The van der Waals surface area contributed by atoms with Crippen molar-refractivity contribution in [2.45, 2.75) is 18.3 Å². The third-order valence-electron chi connectivity index (χ3n) is 3.80. The van der Waals surface area contributed by atoms with Gasteiger partial charge >= 0.3 is 0 Å². The van der Waals surface area contributed by atoms with Gasteiger partial charge in [-0.2, -0.15) is 0 Å². The first kappa shape index (κ1) is 13.0. The Morgan fingerprint density at radius 3 is 2.39 bits per heavy atom. The highest BCUT2D eigenvalue weighted by Gasteiger charge is 2.41. The first-order chi connectivity index (χ1) is 8.58. The quantitative estimate of drug-likeness (QED) is 0.464. The number of nitrogens with one attached hydrogen (secondary N) is 1. The maximum absolute atomic E-state index is 13.0. The number of nitrogens with two attached hydrogens (primary N) is 1. The Labute approximate surface area is 106 Å². The second-order valence-corrected chi connectivity index (χ2v) is 4.87. The van der Waals surface area contributed by atoms with Gasteiger partial charge in [-0.25, -0.2) is 10.2 Å². The third kappa shape index (κ3) is 2.23. The summed E-state index contributed by atoms with van der Waals surface area (Å²) in [5.41, 5.74) is 2.46. The summed E-state index contributed by atoms with van der Waals surface area (Å²) in [7, 11) is 2.02. The summed E-state index contributed by atoms with van der Waals surface area (Å²) < 4.78 is 13.0. The number of hydrazine groups is 1. The topological polar surface area (TPSA) is 58.4 Å². The van der Waals surface area contributed by atoms with Crippen molar-refractivity contribution in [3.8, 4) is 0 Å². The van der Waals surface area contributed by atoms with E-state index in [1.807, 2.05) is 7.05 Å². The molecular weight excluding hydrogens is 233 g/mol. The fourth-order valence-electron chi connectivity index (χ4n) is 2.55. The molecule has 1 aromatic carbocycles. The molecule has 0 unspecified atom stereocenters. The normalized spacial score (nSPS) is 19.5. The minimum absolute atomic E-state index is 0.192. The zero-order valence-electron chi connectivity index (χ0n) is 10.4. The van der Waals surface area contributed by atoms with Crippen molar-refractivity contribution in [2.75, 3.05) is 20.1 Å². The van der Waals surface area contributed by atoms with Crippen LogP contribution in [0.4, 0.5) is 4.39 Å². The number of rotatable bonds is 2. The molecule has 0 aromatic heterocycles. The zero-order valence-corrected chi connectivity index (χ0v) is 10.4. The van der Waals surface area contributed by atoms with Crippen molar-refractivity contribution >= 4 is 5.91 Å². The van der Waals surface area contributed by atoms with Crippen LogP contribution in [-0.4, -0.2) is 30.9 Å². The number of likely N-dealkylation sites (tertiary alicyclic amines) is 1. The Kier molecular flexibility index (Phi) is 3.63. The Bertz CT molecular complexity index is 424. The van der Waals surface area contributed by atoms with Crippen LogP contribution in [0.2, 0.25) is 0 Å². The van der Waals surface area contributed by atoms with Crippen molar-refractivity contribution < 1.29 is 9.18 Å². The molecule has 2 rings (SSSR count). The Hall–Kier alpha value is -1.46. The van der Waals surface area contributed by atoms with Crippen molar-refractivity contribution in [2.24, 2.45) is 5.84 Å². The number of amides is 1. The lowest BCUT2D eigenvalue weighted by atomic mass is 9.72. The van der Waals surface area contributed by atoms with Gasteiger partial charge in [-0.05, 0) is 50.7 Å². The third-order valence-corrected chi connectivity index (χ3v) is 3.80. The van der Waals surface area contributed by atoms with Gasteiger partial charge in [0.05, 0.1) is 5.41 Å². The Balaban J connectivity index is 2.36. The van der Waals surface area contributed by atoms with E-state index in [4.69, 9.17) is 5.84 Å². The van der Waals surface area contributed by atoms with Gasteiger partial charge in [0.15, 0.2) is 0 Å². The SMILES string of the molecule is CN1CCC(C(=O)NN)(c2ccc(F)cc2)CC1. The smallest absolute Gasteiger partial charge is 0.244 e. The molecule has 0 radical (unpaired) electrons. The van der Waals surface area contributed by atoms with Crippen molar-refractivity contribution in [3.63, 3.8) is 0 Å². The molecule has 1 saturated heterocycles. The molecule has 5 heteroatoms. The monoisotopic (exact) mass is 251 g/mol. The standard InChI is InChI=1S/C13H18FN3O/c1-17-8-6-13(7-9-17,12(18)16-15)10-2-4-11(14)5-3-10/h2-5H,6-9,15H2,1H3,(H,16,18). The highest BCUT2D eigenvalue weighted by molar-refractivity contribution is 5.88. The number of benzene rings is 1. The van der Waals surface area contributed by atoms with E-state index >= 15 is 0 Å². The van der Waals surface area contributed by atoms with Gasteiger partial charge in [0.1, 0.15) is 5.82 Å². The van der Waals surface area contributed by atoms with Crippen LogP contribution in [0.15, 0.2) is 24.3 Å². The van der Waals surface area contributed by atoms with E-state index in [0.29, 0.717) is 12.8 Å². The number of hydrogen-bond donors (Lipinski definition) is 2. The highest BCUT2D eigenvalue weighted by atomic mass is 19.1.